The molecule has 66 valence electrons. The maximum atomic E-state index is 9.62. The van der Waals surface area contributed by atoms with Crippen LogP contribution in [0.25, 0.3) is 0 Å². The molecule has 1 aromatic rings. The number of benzene rings is 1. The summed E-state index contributed by atoms with van der Waals surface area (Å²) >= 11 is 0. The zero-order valence-electron chi connectivity index (χ0n) is 7.75. The molecule has 0 aliphatic heterocycles. The molecule has 0 atom stereocenters. The van der Waals surface area contributed by atoms with E-state index in [0.717, 1.165) is 12.5 Å². The molecule has 0 saturated heterocycles. The zero-order valence-corrected chi connectivity index (χ0v) is 8.75. The van der Waals surface area contributed by atoms with E-state index in [4.69, 9.17) is 0 Å². The summed E-state index contributed by atoms with van der Waals surface area (Å²) in [5.41, 5.74) is 1.33. The van der Waals surface area contributed by atoms with Gasteiger partial charge in [-0.05, 0) is 31.1 Å². The number of hydrogen-bond donors (Lipinski definition) is 1. The van der Waals surface area contributed by atoms with Gasteiger partial charge in [0.15, 0.2) is 8.32 Å². The summed E-state index contributed by atoms with van der Waals surface area (Å²) in [6.07, 6.45) is 1.01. The van der Waals surface area contributed by atoms with Crippen molar-refractivity contribution in [1.29, 1.82) is 0 Å². The second-order valence-electron chi connectivity index (χ2n) is 3.80. The molecule has 0 aliphatic rings. The summed E-state index contributed by atoms with van der Waals surface area (Å²) in [6, 6.07) is 11.3. The summed E-state index contributed by atoms with van der Waals surface area (Å²) < 4.78 is 0. The molecule has 0 radical (unpaired) electrons. The van der Waals surface area contributed by atoms with Gasteiger partial charge in [0.05, 0.1) is 0 Å². The van der Waals surface area contributed by atoms with Crippen molar-refractivity contribution in [2.75, 3.05) is 0 Å². The van der Waals surface area contributed by atoms with E-state index in [9.17, 15) is 4.80 Å². The van der Waals surface area contributed by atoms with Crippen molar-refractivity contribution in [3.63, 3.8) is 0 Å². The molecule has 1 aromatic carbocycles. The van der Waals surface area contributed by atoms with Crippen LogP contribution in [0, 0.1) is 0 Å². The molecular formula is C10H16OSi. The molecule has 0 unspecified atom stereocenters. The third-order valence-corrected chi connectivity index (χ3v) is 3.34. The Hall–Kier alpha value is -0.603. The van der Waals surface area contributed by atoms with Crippen LogP contribution in [-0.4, -0.2) is 13.1 Å². The van der Waals surface area contributed by atoms with E-state index < -0.39 is 8.32 Å². The normalized spacial score (nSPS) is 11.6. The zero-order chi connectivity index (χ0) is 9.03. The predicted octanol–water partition coefficient (Wildman–Crippen LogP) is 2.43. The lowest BCUT2D eigenvalue weighted by atomic mass is 10.2. The van der Waals surface area contributed by atoms with Gasteiger partial charge in [-0.2, -0.15) is 0 Å². The van der Waals surface area contributed by atoms with Crippen LogP contribution < -0.4 is 0 Å². The Morgan fingerprint density at radius 3 is 2.25 bits per heavy atom. The van der Waals surface area contributed by atoms with Crippen molar-refractivity contribution in [2.24, 2.45) is 0 Å². The molecule has 0 fully saturated rings. The van der Waals surface area contributed by atoms with Crippen molar-refractivity contribution < 1.29 is 4.80 Å². The SMILES string of the molecule is C[Si](C)(O)CCc1ccccc1. The Morgan fingerprint density at radius 1 is 1.17 bits per heavy atom. The first-order chi connectivity index (χ1) is 5.58. The first kappa shape index (κ1) is 9.48. The molecule has 2 heteroatoms. The summed E-state index contributed by atoms with van der Waals surface area (Å²) in [7, 11) is -1.84. The summed E-state index contributed by atoms with van der Waals surface area (Å²) in [5, 5.41) is 0. The summed E-state index contributed by atoms with van der Waals surface area (Å²) in [6.45, 7) is 3.96. The van der Waals surface area contributed by atoms with Crippen LogP contribution in [-0.2, 0) is 6.42 Å². The van der Waals surface area contributed by atoms with Crippen LogP contribution in [0.15, 0.2) is 30.3 Å². The maximum Gasteiger partial charge on any atom is 0.182 e. The monoisotopic (exact) mass is 180 g/mol. The highest BCUT2D eigenvalue weighted by Crippen LogP contribution is 2.10. The Kier molecular flexibility index (Phi) is 3.06. The molecule has 12 heavy (non-hydrogen) atoms. The van der Waals surface area contributed by atoms with Crippen molar-refractivity contribution >= 4 is 8.32 Å². The van der Waals surface area contributed by atoms with E-state index in [1.54, 1.807) is 0 Å². The first-order valence-electron chi connectivity index (χ1n) is 4.34. The molecule has 0 bridgehead atoms. The van der Waals surface area contributed by atoms with Crippen LogP contribution >= 0.6 is 0 Å². The van der Waals surface area contributed by atoms with Gasteiger partial charge in [0.1, 0.15) is 0 Å². The average Bonchev–Trinajstić information content (AvgIpc) is 2.02. The third kappa shape index (κ3) is 3.69. The van der Waals surface area contributed by atoms with Gasteiger partial charge in [0, 0.05) is 0 Å². The standard InChI is InChI=1S/C10H16OSi/c1-12(2,11)9-8-10-6-4-3-5-7-10/h3-7,11H,8-9H2,1-2H3. The van der Waals surface area contributed by atoms with Gasteiger partial charge in [-0.25, -0.2) is 0 Å². The van der Waals surface area contributed by atoms with Crippen LogP contribution in [0.2, 0.25) is 19.1 Å². The molecule has 1 nitrogen and oxygen atoms in total. The third-order valence-electron chi connectivity index (χ3n) is 1.87. The molecule has 0 amide bonds. The van der Waals surface area contributed by atoms with Gasteiger partial charge in [-0.15, -0.1) is 0 Å². The van der Waals surface area contributed by atoms with Crippen LogP contribution in [0.4, 0.5) is 0 Å². The van der Waals surface area contributed by atoms with Crippen LogP contribution in [0.5, 0.6) is 0 Å². The lowest BCUT2D eigenvalue weighted by molar-refractivity contribution is 0.547. The van der Waals surface area contributed by atoms with Crippen molar-refractivity contribution in [3.8, 4) is 0 Å². The lowest BCUT2D eigenvalue weighted by Gasteiger charge is -2.12. The Balaban J connectivity index is 2.44. The molecule has 0 aromatic heterocycles. The predicted molar refractivity (Wildman–Crippen MR) is 54.7 cm³/mol. The van der Waals surface area contributed by atoms with Gasteiger partial charge >= 0.3 is 0 Å². The number of hydrogen-bond acceptors (Lipinski definition) is 1. The van der Waals surface area contributed by atoms with Gasteiger partial charge in [-0.3, -0.25) is 0 Å². The molecule has 0 aliphatic carbocycles. The molecule has 1 N–H and O–H groups in total. The summed E-state index contributed by atoms with van der Waals surface area (Å²) in [4.78, 5) is 9.62. The fraction of sp³-hybridized carbons (Fsp3) is 0.400. The minimum absolute atomic E-state index is 0.955. The topological polar surface area (TPSA) is 20.2 Å². The maximum absolute atomic E-state index is 9.62. The highest BCUT2D eigenvalue weighted by molar-refractivity contribution is 6.69. The second kappa shape index (κ2) is 3.87. The fourth-order valence-corrected chi connectivity index (χ4v) is 2.00. The highest BCUT2D eigenvalue weighted by Gasteiger charge is 2.15. The minimum Gasteiger partial charge on any atom is -0.432 e. The van der Waals surface area contributed by atoms with E-state index in [0.29, 0.717) is 0 Å². The second-order valence-corrected chi connectivity index (χ2v) is 7.92. The molecule has 1 rings (SSSR count). The van der Waals surface area contributed by atoms with E-state index in [1.807, 2.05) is 31.3 Å². The van der Waals surface area contributed by atoms with Gasteiger partial charge in [0.2, 0.25) is 0 Å². The van der Waals surface area contributed by atoms with Crippen molar-refractivity contribution in [3.05, 3.63) is 35.9 Å². The Morgan fingerprint density at radius 2 is 1.75 bits per heavy atom. The van der Waals surface area contributed by atoms with Gasteiger partial charge in [0.25, 0.3) is 0 Å². The van der Waals surface area contributed by atoms with Crippen molar-refractivity contribution in [2.45, 2.75) is 25.6 Å². The molecule has 0 spiro atoms. The number of rotatable bonds is 3. The first-order valence-corrected chi connectivity index (χ1v) is 7.50. The quantitative estimate of drug-likeness (QED) is 0.708. The minimum atomic E-state index is -1.84. The average molecular weight is 180 g/mol. The van der Waals surface area contributed by atoms with E-state index in [1.165, 1.54) is 5.56 Å². The fourth-order valence-electron chi connectivity index (χ4n) is 1.09. The lowest BCUT2D eigenvalue weighted by Crippen LogP contribution is -2.25. The highest BCUT2D eigenvalue weighted by atomic mass is 28.4. The van der Waals surface area contributed by atoms with Gasteiger partial charge < -0.3 is 4.80 Å². The molecule has 0 heterocycles. The van der Waals surface area contributed by atoms with E-state index in [-0.39, 0.29) is 0 Å². The van der Waals surface area contributed by atoms with E-state index in [2.05, 4.69) is 12.1 Å². The van der Waals surface area contributed by atoms with Crippen LogP contribution in [0.3, 0.4) is 0 Å². The van der Waals surface area contributed by atoms with E-state index >= 15 is 0 Å². The largest absolute Gasteiger partial charge is 0.432 e. The molecule has 0 saturated carbocycles. The van der Waals surface area contributed by atoms with Crippen LogP contribution in [0.1, 0.15) is 5.56 Å². The van der Waals surface area contributed by atoms with Crippen molar-refractivity contribution in [1.82, 2.24) is 0 Å². The summed E-state index contributed by atoms with van der Waals surface area (Å²) in [5.74, 6) is 0. The smallest absolute Gasteiger partial charge is 0.182 e. The Labute approximate surface area is 75.2 Å². The van der Waals surface area contributed by atoms with Gasteiger partial charge in [-0.1, -0.05) is 30.3 Å². The number of aryl methyl sites for hydroxylation is 1. The Bertz CT molecular complexity index is 225. The molecular weight excluding hydrogens is 164 g/mol.